The van der Waals surface area contributed by atoms with Crippen molar-refractivity contribution in [3.8, 4) is 5.75 Å². The van der Waals surface area contributed by atoms with E-state index in [1.807, 2.05) is 6.92 Å². The Morgan fingerprint density at radius 3 is 2.35 bits per heavy atom. The quantitative estimate of drug-likeness (QED) is 0.745. The minimum atomic E-state index is 0.262. The van der Waals surface area contributed by atoms with Crippen molar-refractivity contribution in [2.75, 3.05) is 64.1 Å². The number of ether oxygens (including phenoxy) is 3. The number of nitrogens with zero attached hydrogens (tertiary/aromatic N) is 4. The maximum atomic E-state index is 6.18. The second-order valence-electron chi connectivity index (χ2n) is 5.51. The van der Waals surface area contributed by atoms with Crippen LogP contribution in [0.25, 0.3) is 0 Å². The molecule has 2 saturated heterocycles. The van der Waals surface area contributed by atoms with Crippen LogP contribution in [0.5, 0.6) is 5.75 Å². The molecule has 0 spiro atoms. The molecule has 23 heavy (non-hydrogen) atoms. The van der Waals surface area contributed by atoms with Gasteiger partial charge in [-0.2, -0.15) is 4.98 Å². The summed E-state index contributed by atoms with van der Waals surface area (Å²) in [5, 5.41) is 0.262. The number of hydrogen-bond acceptors (Lipinski definition) is 7. The van der Waals surface area contributed by atoms with Crippen LogP contribution in [0.1, 0.15) is 12.6 Å². The van der Waals surface area contributed by atoms with E-state index in [2.05, 4.69) is 19.8 Å². The molecular weight excluding hydrogens is 320 g/mol. The third kappa shape index (κ3) is 4.23. The summed E-state index contributed by atoms with van der Waals surface area (Å²) in [6.07, 6.45) is 0. The number of aromatic nitrogens is 2. The standard InChI is InChI=1S/C15H23ClN4O3/c1-2-23-13-12(11-19-3-7-21-8-4-19)17-15(16)18-14(13)20-5-9-22-10-6-20/h2-11H2,1H3. The summed E-state index contributed by atoms with van der Waals surface area (Å²) in [6.45, 7) is 9.44. The van der Waals surface area contributed by atoms with Gasteiger partial charge in [0.15, 0.2) is 11.6 Å². The molecule has 2 aliphatic rings. The molecule has 0 unspecified atom stereocenters. The van der Waals surface area contributed by atoms with Crippen molar-refractivity contribution in [2.24, 2.45) is 0 Å². The van der Waals surface area contributed by atoms with Crippen molar-refractivity contribution in [1.29, 1.82) is 0 Å². The largest absolute Gasteiger partial charge is 0.488 e. The normalized spacial score (nSPS) is 19.8. The third-order valence-corrected chi connectivity index (χ3v) is 4.14. The summed E-state index contributed by atoms with van der Waals surface area (Å²) in [4.78, 5) is 13.3. The molecule has 0 radical (unpaired) electrons. The topological polar surface area (TPSA) is 60.0 Å². The van der Waals surface area contributed by atoms with Crippen LogP contribution in [0.15, 0.2) is 0 Å². The monoisotopic (exact) mass is 342 g/mol. The molecule has 0 saturated carbocycles. The zero-order chi connectivity index (χ0) is 16.1. The molecule has 8 heteroatoms. The second kappa shape index (κ2) is 8.10. The molecule has 1 aromatic rings. The fraction of sp³-hybridized carbons (Fsp3) is 0.733. The van der Waals surface area contributed by atoms with Gasteiger partial charge in [0.2, 0.25) is 5.28 Å². The maximum Gasteiger partial charge on any atom is 0.224 e. The van der Waals surface area contributed by atoms with E-state index >= 15 is 0 Å². The number of rotatable bonds is 5. The van der Waals surface area contributed by atoms with E-state index in [1.54, 1.807) is 0 Å². The Morgan fingerprint density at radius 1 is 1.04 bits per heavy atom. The van der Waals surface area contributed by atoms with Gasteiger partial charge in [-0.3, -0.25) is 4.90 Å². The summed E-state index contributed by atoms with van der Waals surface area (Å²) < 4.78 is 16.7. The predicted octanol–water partition coefficient (Wildman–Crippen LogP) is 1.20. The van der Waals surface area contributed by atoms with Crippen molar-refractivity contribution >= 4 is 17.4 Å². The molecule has 7 nitrogen and oxygen atoms in total. The number of anilines is 1. The molecule has 128 valence electrons. The van der Waals surface area contributed by atoms with Crippen LogP contribution in [0.2, 0.25) is 5.28 Å². The molecule has 3 heterocycles. The summed E-state index contributed by atoms with van der Waals surface area (Å²) in [5.41, 5.74) is 0.843. The third-order valence-electron chi connectivity index (χ3n) is 3.97. The Balaban J connectivity index is 1.88. The van der Waals surface area contributed by atoms with Crippen molar-refractivity contribution in [2.45, 2.75) is 13.5 Å². The molecule has 0 N–H and O–H groups in total. The molecule has 0 atom stereocenters. The van der Waals surface area contributed by atoms with Gasteiger partial charge >= 0.3 is 0 Å². The first-order valence-electron chi connectivity index (χ1n) is 8.10. The average molecular weight is 343 g/mol. The van der Waals surface area contributed by atoms with Gasteiger partial charge in [0.1, 0.15) is 5.69 Å². The zero-order valence-electron chi connectivity index (χ0n) is 13.5. The van der Waals surface area contributed by atoms with E-state index in [0.29, 0.717) is 26.4 Å². The first-order chi connectivity index (χ1) is 11.3. The van der Waals surface area contributed by atoms with Crippen LogP contribution in [-0.4, -0.2) is 74.1 Å². The average Bonchev–Trinajstić information content (AvgIpc) is 2.59. The maximum absolute atomic E-state index is 6.18. The van der Waals surface area contributed by atoms with E-state index in [4.69, 9.17) is 25.8 Å². The molecule has 1 aromatic heterocycles. The van der Waals surface area contributed by atoms with Crippen LogP contribution >= 0.6 is 11.6 Å². The van der Waals surface area contributed by atoms with Crippen molar-refractivity contribution < 1.29 is 14.2 Å². The Kier molecular flexibility index (Phi) is 5.88. The Labute approximate surface area is 141 Å². The number of morpholine rings is 2. The smallest absolute Gasteiger partial charge is 0.224 e. The van der Waals surface area contributed by atoms with Gasteiger partial charge in [-0.15, -0.1) is 0 Å². The van der Waals surface area contributed by atoms with E-state index in [1.165, 1.54) is 0 Å². The van der Waals surface area contributed by atoms with Gasteiger partial charge in [0.25, 0.3) is 0 Å². The van der Waals surface area contributed by atoms with Crippen molar-refractivity contribution in [1.82, 2.24) is 14.9 Å². The minimum Gasteiger partial charge on any atom is -0.488 e. The predicted molar refractivity (Wildman–Crippen MR) is 87.3 cm³/mol. The Hall–Kier alpha value is -1.15. The van der Waals surface area contributed by atoms with Crippen LogP contribution in [0, 0.1) is 0 Å². The van der Waals surface area contributed by atoms with Gasteiger partial charge in [0.05, 0.1) is 33.0 Å². The van der Waals surface area contributed by atoms with Crippen molar-refractivity contribution in [3.63, 3.8) is 0 Å². The van der Waals surface area contributed by atoms with Crippen LogP contribution in [0.4, 0.5) is 5.82 Å². The summed E-state index contributed by atoms with van der Waals surface area (Å²) in [7, 11) is 0. The fourth-order valence-electron chi connectivity index (χ4n) is 2.81. The summed E-state index contributed by atoms with van der Waals surface area (Å²) in [5.74, 6) is 1.52. The zero-order valence-corrected chi connectivity index (χ0v) is 14.2. The highest BCUT2D eigenvalue weighted by atomic mass is 35.5. The fourth-order valence-corrected chi connectivity index (χ4v) is 3.00. The highest BCUT2D eigenvalue weighted by molar-refractivity contribution is 6.28. The molecule has 0 amide bonds. The SMILES string of the molecule is CCOc1c(CN2CCOCC2)nc(Cl)nc1N1CCOCC1. The molecule has 3 rings (SSSR count). The highest BCUT2D eigenvalue weighted by Crippen LogP contribution is 2.32. The second-order valence-corrected chi connectivity index (χ2v) is 5.85. The van der Waals surface area contributed by atoms with Gasteiger partial charge in [0, 0.05) is 32.7 Å². The van der Waals surface area contributed by atoms with Gasteiger partial charge < -0.3 is 19.1 Å². The van der Waals surface area contributed by atoms with Gasteiger partial charge in [-0.25, -0.2) is 4.98 Å². The molecule has 2 fully saturated rings. The highest BCUT2D eigenvalue weighted by Gasteiger charge is 2.24. The lowest BCUT2D eigenvalue weighted by molar-refractivity contribution is 0.0332. The van der Waals surface area contributed by atoms with Gasteiger partial charge in [-0.05, 0) is 18.5 Å². The van der Waals surface area contributed by atoms with E-state index in [9.17, 15) is 0 Å². The number of halogens is 1. The lowest BCUT2D eigenvalue weighted by Gasteiger charge is -2.31. The minimum absolute atomic E-state index is 0.262. The number of hydrogen-bond donors (Lipinski definition) is 0. The lowest BCUT2D eigenvalue weighted by Crippen LogP contribution is -2.38. The van der Waals surface area contributed by atoms with Crippen LogP contribution in [-0.2, 0) is 16.0 Å². The van der Waals surface area contributed by atoms with E-state index in [-0.39, 0.29) is 5.28 Å². The Morgan fingerprint density at radius 2 is 1.70 bits per heavy atom. The molecule has 0 aliphatic carbocycles. The van der Waals surface area contributed by atoms with E-state index < -0.39 is 0 Å². The first-order valence-corrected chi connectivity index (χ1v) is 8.47. The van der Waals surface area contributed by atoms with Crippen LogP contribution < -0.4 is 9.64 Å². The summed E-state index contributed by atoms with van der Waals surface area (Å²) >= 11 is 6.18. The first kappa shape index (κ1) is 16.7. The van der Waals surface area contributed by atoms with E-state index in [0.717, 1.165) is 56.7 Å². The summed E-state index contributed by atoms with van der Waals surface area (Å²) in [6, 6.07) is 0. The molecule has 2 aliphatic heterocycles. The molecule has 0 bridgehead atoms. The Bertz CT molecular complexity index is 520. The molecular formula is C15H23ClN4O3. The molecule has 0 aromatic carbocycles. The van der Waals surface area contributed by atoms with Crippen LogP contribution in [0.3, 0.4) is 0 Å². The van der Waals surface area contributed by atoms with Crippen molar-refractivity contribution in [3.05, 3.63) is 11.0 Å². The lowest BCUT2D eigenvalue weighted by atomic mass is 10.2. The van der Waals surface area contributed by atoms with Gasteiger partial charge in [-0.1, -0.05) is 0 Å².